The highest BCUT2D eigenvalue weighted by molar-refractivity contribution is 5.97. The minimum absolute atomic E-state index is 0.329. The summed E-state index contributed by atoms with van der Waals surface area (Å²) in [4.78, 5) is 13.3. The van der Waals surface area contributed by atoms with Crippen molar-refractivity contribution in [3.63, 3.8) is 0 Å². The molecule has 6 nitrogen and oxygen atoms in total. The Kier molecular flexibility index (Phi) is 7.41. The van der Waals surface area contributed by atoms with E-state index >= 15 is 0 Å². The average Bonchev–Trinajstić information content (AvgIpc) is 3.28. The number of hydrazine groups is 1. The lowest BCUT2D eigenvalue weighted by atomic mass is 9.77. The van der Waals surface area contributed by atoms with Crippen molar-refractivity contribution in [2.24, 2.45) is 0 Å². The van der Waals surface area contributed by atoms with Crippen molar-refractivity contribution in [2.75, 3.05) is 23.8 Å². The molecule has 4 aromatic carbocycles. The number of fused-ring (bicyclic) bond motifs is 6. The van der Waals surface area contributed by atoms with Gasteiger partial charge in [0.05, 0.1) is 11.3 Å². The minimum Gasteiger partial charge on any atom is -0.456 e. The number of hydrogen-bond acceptors (Lipinski definition) is 6. The van der Waals surface area contributed by atoms with Gasteiger partial charge in [-0.15, -0.1) is 0 Å². The first-order valence-electron chi connectivity index (χ1n) is 14.7. The SMILES string of the molecule is CCCCN(CCCC)Nc1ccc2c(c1)Oc1cc(C)c(Nc3ccccc3)cc1C21OC(=O)c2ccccc21. The van der Waals surface area contributed by atoms with Gasteiger partial charge in [-0.25, -0.2) is 9.80 Å². The van der Waals surface area contributed by atoms with Gasteiger partial charge in [0.15, 0.2) is 5.60 Å². The smallest absolute Gasteiger partial charge is 0.340 e. The second-order valence-electron chi connectivity index (χ2n) is 10.9. The van der Waals surface area contributed by atoms with Gasteiger partial charge in [-0.1, -0.05) is 63.1 Å². The van der Waals surface area contributed by atoms with Crippen molar-refractivity contribution in [3.8, 4) is 11.5 Å². The van der Waals surface area contributed by atoms with Crippen LogP contribution in [0.5, 0.6) is 11.5 Å². The van der Waals surface area contributed by atoms with E-state index in [2.05, 4.69) is 48.7 Å². The number of ether oxygens (including phenoxy) is 2. The maximum Gasteiger partial charge on any atom is 0.340 e. The highest BCUT2D eigenvalue weighted by Gasteiger charge is 2.53. The Morgan fingerprint density at radius 3 is 2.22 bits per heavy atom. The lowest BCUT2D eigenvalue weighted by molar-refractivity contribution is 0.0224. The van der Waals surface area contributed by atoms with Gasteiger partial charge in [0.2, 0.25) is 0 Å². The standard InChI is InChI=1S/C35H37N3O3/c1-4-6-19-38(20-7-5-2)37-26-17-18-29-33(22-26)40-32-21-24(3)31(36-25-13-9-8-10-14-25)23-30(32)35(29)28-16-12-11-15-27(28)34(39)41-35/h8-18,21-23,36-37H,4-7,19-20H2,1-3H3. The Morgan fingerprint density at radius 1 is 0.756 bits per heavy atom. The summed E-state index contributed by atoms with van der Waals surface area (Å²) in [6.45, 7) is 8.43. The molecule has 0 radical (unpaired) electrons. The van der Waals surface area contributed by atoms with Crippen molar-refractivity contribution in [3.05, 3.63) is 113 Å². The molecule has 0 bridgehead atoms. The first kappa shape index (κ1) is 26.9. The molecular formula is C35H37N3O3. The van der Waals surface area contributed by atoms with Gasteiger partial charge in [-0.3, -0.25) is 0 Å². The molecule has 2 aliphatic rings. The zero-order valence-electron chi connectivity index (χ0n) is 24.0. The lowest BCUT2D eigenvalue weighted by Crippen LogP contribution is -2.34. The van der Waals surface area contributed by atoms with Gasteiger partial charge < -0.3 is 20.2 Å². The van der Waals surface area contributed by atoms with Crippen LogP contribution in [0.25, 0.3) is 0 Å². The second-order valence-corrected chi connectivity index (χ2v) is 10.9. The Hall–Kier alpha value is -4.29. The molecule has 4 aromatic rings. The van der Waals surface area contributed by atoms with Crippen molar-refractivity contribution in [1.82, 2.24) is 5.01 Å². The molecule has 2 aliphatic heterocycles. The highest BCUT2D eigenvalue weighted by atomic mass is 16.6. The number of anilines is 3. The van der Waals surface area contributed by atoms with E-state index in [1.54, 1.807) is 0 Å². The number of nitrogens with one attached hydrogen (secondary N) is 2. The van der Waals surface area contributed by atoms with Gasteiger partial charge in [0, 0.05) is 47.2 Å². The van der Waals surface area contributed by atoms with Crippen molar-refractivity contribution >= 4 is 23.0 Å². The van der Waals surface area contributed by atoms with Crippen LogP contribution in [-0.2, 0) is 10.3 Å². The first-order valence-corrected chi connectivity index (χ1v) is 14.7. The Bertz CT molecular complexity index is 1560. The van der Waals surface area contributed by atoms with Gasteiger partial charge in [0.1, 0.15) is 11.5 Å². The third kappa shape index (κ3) is 4.93. The van der Waals surface area contributed by atoms with Gasteiger partial charge >= 0.3 is 5.97 Å². The van der Waals surface area contributed by atoms with E-state index in [4.69, 9.17) is 9.47 Å². The number of nitrogens with zero attached hydrogens (tertiary/aromatic N) is 1. The number of unbranched alkanes of at least 4 members (excludes halogenated alkanes) is 2. The van der Waals surface area contributed by atoms with Crippen molar-refractivity contribution < 1.29 is 14.3 Å². The molecule has 2 N–H and O–H groups in total. The molecule has 41 heavy (non-hydrogen) atoms. The molecule has 0 aromatic heterocycles. The molecule has 1 atom stereocenters. The minimum atomic E-state index is -1.11. The fraction of sp³-hybridized carbons (Fsp3) is 0.286. The van der Waals surface area contributed by atoms with Gasteiger partial charge in [0.25, 0.3) is 0 Å². The summed E-state index contributed by atoms with van der Waals surface area (Å²) in [5.74, 6) is 1.04. The Balaban J connectivity index is 1.46. The molecular weight excluding hydrogens is 510 g/mol. The summed E-state index contributed by atoms with van der Waals surface area (Å²) in [6.07, 6.45) is 4.53. The maximum absolute atomic E-state index is 13.3. The van der Waals surface area contributed by atoms with Crippen LogP contribution in [0.15, 0.2) is 84.9 Å². The first-order chi connectivity index (χ1) is 20.0. The topological polar surface area (TPSA) is 62.8 Å². The Labute approximate surface area is 242 Å². The molecule has 0 aliphatic carbocycles. The summed E-state index contributed by atoms with van der Waals surface area (Å²) >= 11 is 0. The molecule has 210 valence electrons. The van der Waals surface area contributed by atoms with Crippen molar-refractivity contribution in [2.45, 2.75) is 52.1 Å². The molecule has 6 rings (SSSR count). The summed E-state index contributed by atoms with van der Waals surface area (Å²) < 4.78 is 13.0. The summed E-state index contributed by atoms with van der Waals surface area (Å²) in [6, 6.07) is 28.0. The Morgan fingerprint density at radius 2 is 1.46 bits per heavy atom. The molecule has 1 unspecified atom stereocenters. The van der Waals surface area contributed by atoms with Crippen LogP contribution in [0.4, 0.5) is 17.1 Å². The van der Waals surface area contributed by atoms with Crippen LogP contribution < -0.4 is 15.5 Å². The van der Waals surface area contributed by atoms with E-state index in [1.165, 1.54) is 0 Å². The number of para-hydroxylation sites is 1. The number of hydrogen-bond donors (Lipinski definition) is 2. The third-order valence-electron chi connectivity index (χ3n) is 7.96. The molecule has 0 saturated carbocycles. The molecule has 0 saturated heterocycles. The van der Waals surface area contributed by atoms with Crippen LogP contribution in [0.3, 0.4) is 0 Å². The highest BCUT2D eigenvalue weighted by Crippen LogP contribution is 2.57. The van der Waals surface area contributed by atoms with Gasteiger partial charge in [-0.05, 0) is 67.8 Å². The number of rotatable bonds is 10. The van der Waals surface area contributed by atoms with Crippen LogP contribution in [-0.4, -0.2) is 24.1 Å². The quantitative estimate of drug-likeness (QED) is 0.153. The van der Waals surface area contributed by atoms with E-state index in [9.17, 15) is 4.79 Å². The summed E-state index contributed by atoms with van der Waals surface area (Å²) in [5.41, 5.74) is 9.43. The summed E-state index contributed by atoms with van der Waals surface area (Å²) in [5, 5.41) is 5.83. The largest absolute Gasteiger partial charge is 0.456 e. The average molecular weight is 548 g/mol. The molecule has 0 amide bonds. The zero-order valence-corrected chi connectivity index (χ0v) is 24.0. The molecule has 6 heteroatoms. The van der Waals surface area contributed by atoms with Crippen LogP contribution >= 0.6 is 0 Å². The predicted molar refractivity (Wildman–Crippen MR) is 164 cm³/mol. The number of aryl methyl sites for hydroxylation is 1. The predicted octanol–water partition coefficient (Wildman–Crippen LogP) is 8.54. The fourth-order valence-electron chi connectivity index (χ4n) is 5.80. The molecule has 0 fully saturated rings. The second kappa shape index (κ2) is 11.3. The monoisotopic (exact) mass is 547 g/mol. The summed E-state index contributed by atoms with van der Waals surface area (Å²) in [7, 11) is 0. The maximum atomic E-state index is 13.3. The third-order valence-corrected chi connectivity index (χ3v) is 7.96. The van der Waals surface area contributed by atoms with E-state index in [-0.39, 0.29) is 5.97 Å². The van der Waals surface area contributed by atoms with E-state index in [0.717, 1.165) is 78.1 Å². The number of carbonyl (C=O) groups is 1. The fourth-order valence-corrected chi connectivity index (χ4v) is 5.80. The van der Waals surface area contributed by atoms with Crippen LogP contribution in [0.2, 0.25) is 0 Å². The van der Waals surface area contributed by atoms with Gasteiger partial charge in [-0.2, -0.15) is 0 Å². The number of carbonyl (C=O) groups excluding carboxylic acids is 1. The van der Waals surface area contributed by atoms with E-state index in [0.29, 0.717) is 17.1 Å². The van der Waals surface area contributed by atoms with Crippen LogP contribution in [0.1, 0.15) is 72.1 Å². The number of benzene rings is 4. The normalized spacial score (nSPS) is 16.5. The molecule has 2 heterocycles. The number of esters is 1. The van der Waals surface area contributed by atoms with Crippen LogP contribution in [0, 0.1) is 6.92 Å². The van der Waals surface area contributed by atoms with E-state index < -0.39 is 5.60 Å². The van der Waals surface area contributed by atoms with Crippen molar-refractivity contribution in [1.29, 1.82) is 0 Å². The van der Waals surface area contributed by atoms with E-state index in [1.807, 2.05) is 72.8 Å². The lowest BCUT2D eigenvalue weighted by Gasteiger charge is -2.37. The zero-order chi connectivity index (χ0) is 28.4. The molecule has 1 spiro atoms.